The maximum Gasteiger partial charge on any atom is 0.416 e. The number of ether oxygens (including phenoxy) is 1. The van der Waals surface area contributed by atoms with E-state index in [1.54, 1.807) is 6.07 Å². The van der Waals surface area contributed by atoms with Gasteiger partial charge in [-0.25, -0.2) is 0 Å². The molecule has 1 aliphatic rings. The minimum Gasteiger partial charge on any atom is -0.492 e. The van der Waals surface area contributed by atoms with E-state index in [9.17, 15) is 13.2 Å². The second-order valence-corrected chi connectivity index (χ2v) is 8.33. The summed E-state index contributed by atoms with van der Waals surface area (Å²) in [6, 6.07) is 9.98. The largest absolute Gasteiger partial charge is 0.492 e. The molecule has 0 saturated carbocycles. The molecule has 1 saturated heterocycles. The molecule has 0 bridgehead atoms. The monoisotopic (exact) mass is 444 g/mol. The second kappa shape index (κ2) is 8.94. The molecule has 3 aromatic rings. The number of aromatic nitrogens is 2. The minimum absolute atomic E-state index is 0.206. The van der Waals surface area contributed by atoms with Gasteiger partial charge in [-0.2, -0.15) is 18.3 Å². The Hall–Kier alpha value is -2.87. The van der Waals surface area contributed by atoms with E-state index in [1.807, 2.05) is 32.0 Å². The molecule has 32 heavy (non-hydrogen) atoms. The van der Waals surface area contributed by atoms with Crippen LogP contribution in [0.5, 0.6) is 5.75 Å². The van der Waals surface area contributed by atoms with Crippen molar-refractivity contribution in [3.63, 3.8) is 0 Å². The van der Waals surface area contributed by atoms with Gasteiger partial charge in [-0.15, -0.1) is 5.10 Å². The molecule has 1 aromatic heterocycles. The molecule has 2 heterocycles. The van der Waals surface area contributed by atoms with Crippen LogP contribution in [0.3, 0.4) is 0 Å². The van der Waals surface area contributed by atoms with Crippen LogP contribution in [0.25, 0.3) is 10.8 Å². The van der Waals surface area contributed by atoms with Crippen molar-refractivity contribution in [3.8, 4) is 5.75 Å². The standard InChI is InChI=1S/C24H27F3N4O/c1-14-19(7-4-8-22(14)24(25,26)27)15(2)29-23-21-12-18(32-13-17-6-5-11-28-17)9-10-20(21)16(3)30-31-23/h4,7-10,12,15,17,28H,5-6,11,13H2,1-3H3,(H,29,31)/t15-,17-/m1/s1. The first-order chi connectivity index (χ1) is 15.2. The molecule has 5 nitrogen and oxygen atoms in total. The van der Waals surface area contributed by atoms with Crippen molar-refractivity contribution in [3.05, 3.63) is 58.8 Å². The topological polar surface area (TPSA) is 59.1 Å². The highest BCUT2D eigenvalue weighted by atomic mass is 19.4. The zero-order chi connectivity index (χ0) is 22.9. The lowest BCUT2D eigenvalue weighted by Crippen LogP contribution is -2.28. The van der Waals surface area contributed by atoms with Crippen molar-refractivity contribution in [2.45, 2.75) is 51.9 Å². The summed E-state index contributed by atoms with van der Waals surface area (Å²) in [7, 11) is 0. The zero-order valence-corrected chi connectivity index (χ0v) is 18.4. The molecule has 1 aliphatic heterocycles. The summed E-state index contributed by atoms with van der Waals surface area (Å²) in [5.41, 5.74) is 0.921. The van der Waals surface area contributed by atoms with E-state index < -0.39 is 17.8 Å². The Morgan fingerprint density at radius 2 is 1.97 bits per heavy atom. The number of benzene rings is 2. The van der Waals surface area contributed by atoms with Gasteiger partial charge in [0.05, 0.1) is 17.3 Å². The average molecular weight is 445 g/mol. The van der Waals surface area contributed by atoms with Gasteiger partial charge >= 0.3 is 6.18 Å². The van der Waals surface area contributed by atoms with Crippen LogP contribution in [-0.2, 0) is 6.18 Å². The molecular weight excluding hydrogens is 417 g/mol. The number of halogens is 3. The third-order valence-electron chi connectivity index (χ3n) is 6.05. The number of nitrogens with one attached hydrogen (secondary N) is 2. The molecule has 0 amide bonds. The number of rotatable bonds is 6. The number of nitrogens with zero attached hydrogens (tertiary/aromatic N) is 2. The molecule has 2 aromatic carbocycles. The Kier molecular flexibility index (Phi) is 6.24. The number of aryl methyl sites for hydroxylation is 1. The van der Waals surface area contributed by atoms with Gasteiger partial charge in [0.2, 0.25) is 0 Å². The predicted molar refractivity (Wildman–Crippen MR) is 119 cm³/mol. The van der Waals surface area contributed by atoms with Crippen LogP contribution in [-0.4, -0.2) is 29.4 Å². The van der Waals surface area contributed by atoms with Crippen molar-refractivity contribution in [2.24, 2.45) is 0 Å². The van der Waals surface area contributed by atoms with E-state index in [0.717, 1.165) is 47.7 Å². The number of anilines is 1. The highest BCUT2D eigenvalue weighted by Crippen LogP contribution is 2.36. The Labute approximate surface area is 185 Å². The van der Waals surface area contributed by atoms with Crippen molar-refractivity contribution in [2.75, 3.05) is 18.5 Å². The number of fused-ring (bicyclic) bond motifs is 1. The normalized spacial score (nSPS) is 17.5. The van der Waals surface area contributed by atoms with Crippen LogP contribution < -0.4 is 15.4 Å². The predicted octanol–water partition coefficient (Wildman–Crippen LogP) is 5.57. The van der Waals surface area contributed by atoms with Crippen molar-refractivity contribution in [1.29, 1.82) is 0 Å². The molecule has 170 valence electrons. The first-order valence-electron chi connectivity index (χ1n) is 10.8. The van der Waals surface area contributed by atoms with Gasteiger partial charge in [-0.3, -0.25) is 0 Å². The molecule has 8 heteroatoms. The summed E-state index contributed by atoms with van der Waals surface area (Å²) in [6.45, 7) is 6.80. The first-order valence-corrected chi connectivity index (χ1v) is 10.8. The van der Waals surface area contributed by atoms with Gasteiger partial charge in [-0.05, 0) is 75.5 Å². The lowest BCUT2D eigenvalue weighted by molar-refractivity contribution is -0.138. The summed E-state index contributed by atoms with van der Waals surface area (Å²) < 4.78 is 46.0. The second-order valence-electron chi connectivity index (χ2n) is 8.33. The molecule has 2 atom stereocenters. The summed E-state index contributed by atoms with van der Waals surface area (Å²) in [5, 5.41) is 16.9. The Morgan fingerprint density at radius 1 is 1.16 bits per heavy atom. The summed E-state index contributed by atoms with van der Waals surface area (Å²) in [4.78, 5) is 0. The number of alkyl halides is 3. The molecule has 0 aliphatic carbocycles. The maximum atomic E-state index is 13.3. The number of hydrogen-bond acceptors (Lipinski definition) is 5. The van der Waals surface area contributed by atoms with E-state index in [1.165, 1.54) is 13.0 Å². The fraction of sp³-hybridized carbons (Fsp3) is 0.417. The van der Waals surface area contributed by atoms with E-state index in [0.29, 0.717) is 24.0 Å². The van der Waals surface area contributed by atoms with Crippen molar-refractivity contribution in [1.82, 2.24) is 15.5 Å². The van der Waals surface area contributed by atoms with Gasteiger partial charge in [0.15, 0.2) is 5.82 Å². The minimum atomic E-state index is -4.39. The fourth-order valence-electron chi connectivity index (χ4n) is 4.27. The summed E-state index contributed by atoms with van der Waals surface area (Å²) >= 11 is 0. The fourth-order valence-corrected chi connectivity index (χ4v) is 4.27. The van der Waals surface area contributed by atoms with Gasteiger partial charge < -0.3 is 15.4 Å². The van der Waals surface area contributed by atoms with E-state index >= 15 is 0 Å². The lowest BCUT2D eigenvalue weighted by Gasteiger charge is -2.21. The van der Waals surface area contributed by atoms with Gasteiger partial charge in [0.25, 0.3) is 0 Å². The third kappa shape index (κ3) is 4.65. The molecule has 0 radical (unpaired) electrons. The smallest absolute Gasteiger partial charge is 0.416 e. The average Bonchev–Trinajstić information content (AvgIpc) is 3.27. The van der Waals surface area contributed by atoms with Crippen LogP contribution in [0.1, 0.15) is 48.2 Å². The van der Waals surface area contributed by atoms with Crippen molar-refractivity contribution >= 4 is 16.6 Å². The van der Waals surface area contributed by atoms with Crippen molar-refractivity contribution < 1.29 is 17.9 Å². The van der Waals surface area contributed by atoms with Crippen LogP contribution in [0.4, 0.5) is 19.0 Å². The zero-order valence-electron chi connectivity index (χ0n) is 18.4. The first kappa shape index (κ1) is 22.3. The van der Waals surface area contributed by atoms with E-state index in [-0.39, 0.29) is 5.56 Å². The Bertz CT molecular complexity index is 1110. The molecule has 0 spiro atoms. The highest BCUT2D eigenvalue weighted by Gasteiger charge is 2.33. The Balaban J connectivity index is 1.62. The van der Waals surface area contributed by atoms with Crippen LogP contribution in [0, 0.1) is 13.8 Å². The molecule has 4 rings (SSSR count). The number of hydrogen-bond donors (Lipinski definition) is 2. The molecule has 0 unspecified atom stereocenters. The van der Waals surface area contributed by atoms with Crippen LogP contribution >= 0.6 is 0 Å². The SMILES string of the molecule is Cc1c([C@@H](C)Nc2nnc(C)c3ccc(OC[C@H]4CCCN4)cc23)cccc1C(F)(F)F. The van der Waals surface area contributed by atoms with E-state index in [4.69, 9.17) is 4.74 Å². The van der Waals surface area contributed by atoms with Gasteiger partial charge in [-0.1, -0.05) is 12.1 Å². The summed E-state index contributed by atoms with van der Waals surface area (Å²) in [5.74, 6) is 1.24. The quantitative estimate of drug-likeness (QED) is 0.521. The van der Waals surface area contributed by atoms with Crippen LogP contribution in [0.15, 0.2) is 36.4 Å². The van der Waals surface area contributed by atoms with Gasteiger partial charge in [0.1, 0.15) is 12.4 Å². The Morgan fingerprint density at radius 3 is 2.69 bits per heavy atom. The van der Waals surface area contributed by atoms with E-state index in [2.05, 4.69) is 20.8 Å². The van der Waals surface area contributed by atoms with Crippen LogP contribution in [0.2, 0.25) is 0 Å². The molecule has 2 N–H and O–H groups in total. The highest BCUT2D eigenvalue weighted by molar-refractivity contribution is 5.94. The lowest BCUT2D eigenvalue weighted by atomic mass is 9.97. The maximum absolute atomic E-state index is 13.3. The van der Waals surface area contributed by atoms with Gasteiger partial charge in [0, 0.05) is 16.8 Å². The summed E-state index contributed by atoms with van der Waals surface area (Å²) in [6.07, 6.45) is -2.14. The third-order valence-corrected chi connectivity index (χ3v) is 6.05. The molecular formula is C24H27F3N4O. The molecule has 1 fully saturated rings.